The van der Waals surface area contributed by atoms with Crippen LogP contribution in [0.2, 0.25) is 0 Å². The molecule has 2 rings (SSSR count). The molecule has 150 valence electrons. The molecule has 0 amide bonds. The highest BCUT2D eigenvalue weighted by Gasteiger charge is 2.34. The molecule has 5 nitrogen and oxygen atoms in total. The predicted molar refractivity (Wildman–Crippen MR) is 98.2 cm³/mol. The quantitative estimate of drug-likeness (QED) is 0.305. The van der Waals surface area contributed by atoms with Crippen LogP contribution >= 0.6 is 0 Å². The Morgan fingerprint density at radius 1 is 1.07 bits per heavy atom. The molecule has 0 radical (unpaired) electrons. The predicted octanol–water partition coefficient (Wildman–Crippen LogP) is 5.95. The van der Waals surface area contributed by atoms with Gasteiger partial charge in [-0.05, 0) is 24.6 Å². The first-order valence-corrected chi connectivity index (χ1v) is 10.0. The van der Waals surface area contributed by atoms with Crippen LogP contribution in [0.4, 0.5) is 18.9 Å². The summed E-state index contributed by atoms with van der Waals surface area (Å²) < 4.78 is 73.5. The monoisotopic (exact) mass is 413 g/mol. The first kappa shape index (κ1) is 21.6. The van der Waals surface area contributed by atoms with E-state index in [0.717, 1.165) is 25.0 Å². The first-order chi connectivity index (χ1) is 13.2. The van der Waals surface area contributed by atoms with Crippen molar-refractivity contribution in [3.05, 3.63) is 59.4 Å². The van der Waals surface area contributed by atoms with Crippen molar-refractivity contribution >= 4 is 15.8 Å². The second-order valence-corrected chi connectivity index (χ2v) is 7.58. The molecule has 28 heavy (non-hydrogen) atoms. The molecule has 2 aromatic carbocycles. The van der Waals surface area contributed by atoms with Gasteiger partial charge in [-0.3, -0.25) is 0 Å². The minimum absolute atomic E-state index is 0.0228. The summed E-state index contributed by atoms with van der Waals surface area (Å²) >= 11 is 0. The third-order valence-electron chi connectivity index (χ3n) is 3.67. The van der Waals surface area contributed by atoms with Gasteiger partial charge in [-0.25, -0.2) is 4.85 Å². The van der Waals surface area contributed by atoms with E-state index < -0.39 is 27.5 Å². The Morgan fingerprint density at radius 3 is 2.39 bits per heavy atom. The average Bonchev–Trinajstić information content (AvgIpc) is 2.60. The normalized spacial score (nSPS) is 11.7. The van der Waals surface area contributed by atoms with E-state index in [1.807, 2.05) is 6.92 Å². The van der Waals surface area contributed by atoms with Gasteiger partial charge in [0.2, 0.25) is 5.69 Å². The SMILES string of the molecule is [C-]#[N+]c1c(Oc2cccc(OS(=O)(=O)CCCCC)c2)cccc1C(F)(F)F. The molecule has 0 saturated carbocycles. The number of hydrogen-bond donors (Lipinski definition) is 0. The highest BCUT2D eigenvalue weighted by Crippen LogP contribution is 2.43. The van der Waals surface area contributed by atoms with Crippen molar-refractivity contribution in [2.24, 2.45) is 0 Å². The van der Waals surface area contributed by atoms with E-state index in [1.54, 1.807) is 0 Å². The minimum Gasteiger partial charge on any atom is -0.468 e. The molecule has 0 aromatic heterocycles. The Labute approximate surface area is 161 Å². The van der Waals surface area contributed by atoms with E-state index in [4.69, 9.17) is 15.5 Å². The molecule has 0 bridgehead atoms. The van der Waals surface area contributed by atoms with Gasteiger partial charge in [0.1, 0.15) is 17.2 Å². The Kier molecular flexibility index (Phi) is 6.91. The maximum absolute atomic E-state index is 13.0. The molecule has 2 aromatic rings. The highest BCUT2D eigenvalue weighted by atomic mass is 32.2. The molecule has 0 saturated heterocycles. The molecule has 0 aliphatic heterocycles. The molecule has 0 aliphatic carbocycles. The summed E-state index contributed by atoms with van der Waals surface area (Å²) in [6.07, 6.45) is -2.62. The maximum atomic E-state index is 13.0. The van der Waals surface area contributed by atoms with E-state index in [0.29, 0.717) is 6.42 Å². The largest absolute Gasteiger partial charge is 0.468 e. The molecule has 0 unspecified atom stereocenters. The van der Waals surface area contributed by atoms with Crippen LogP contribution in [0.25, 0.3) is 4.85 Å². The van der Waals surface area contributed by atoms with Crippen LogP contribution in [0.15, 0.2) is 42.5 Å². The number of benzene rings is 2. The molecule has 0 N–H and O–H groups in total. The Hall–Kier alpha value is -2.73. The van der Waals surface area contributed by atoms with Gasteiger partial charge in [0.25, 0.3) is 0 Å². The first-order valence-electron chi connectivity index (χ1n) is 8.44. The Balaban J connectivity index is 2.24. The Morgan fingerprint density at radius 2 is 1.75 bits per heavy atom. The molecular formula is C19H18F3NO4S. The summed E-state index contributed by atoms with van der Waals surface area (Å²) in [6.45, 7) is 9.00. The molecule has 0 spiro atoms. The number of nitrogens with zero attached hydrogens (tertiary/aromatic N) is 1. The van der Waals surface area contributed by atoms with Crippen molar-refractivity contribution in [1.82, 2.24) is 0 Å². The summed E-state index contributed by atoms with van der Waals surface area (Å²) in [6, 6.07) is 8.66. The zero-order valence-corrected chi connectivity index (χ0v) is 15.8. The van der Waals surface area contributed by atoms with Crippen molar-refractivity contribution in [1.29, 1.82) is 0 Å². The number of halogens is 3. The number of hydrogen-bond acceptors (Lipinski definition) is 4. The van der Waals surface area contributed by atoms with E-state index >= 15 is 0 Å². The lowest BCUT2D eigenvalue weighted by atomic mass is 10.1. The van der Waals surface area contributed by atoms with E-state index in [2.05, 4.69) is 4.85 Å². The molecule has 0 aliphatic rings. The lowest BCUT2D eigenvalue weighted by molar-refractivity contribution is -0.136. The summed E-state index contributed by atoms with van der Waals surface area (Å²) in [4.78, 5) is 2.93. The molecule has 0 fully saturated rings. The second kappa shape index (κ2) is 8.97. The lowest BCUT2D eigenvalue weighted by Gasteiger charge is -2.14. The fourth-order valence-electron chi connectivity index (χ4n) is 2.38. The van der Waals surface area contributed by atoms with E-state index in [1.165, 1.54) is 30.3 Å². The van der Waals surface area contributed by atoms with Crippen LogP contribution in [-0.4, -0.2) is 14.2 Å². The van der Waals surface area contributed by atoms with Gasteiger partial charge in [0, 0.05) is 6.07 Å². The number of rotatable bonds is 8. The summed E-state index contributed by atoms with van der Waals surface area (Å²) in [5.41, 5.74) is -1.78. The third kappa shape index (κ3) is 5.89. The summed E-state index contributed by atoms with van der Waals surface area (Å²) in [7, 11) is -3.79. The molecule has 9 heteroatoms. The number of ether oxygens (including phenoxy) is 1. The van der Waals surface area contributed by atoms with Gasteiger partial charge >= 0.3 is 16.3 Å². The van der Waals surface area contributed by atoms with Crippen molar-refractivity contribution in [2.75, 3.05) is 5.75 Å². The van der Waals surface area contributed by atoms with Gasteiger partial charge in [0.15, 0.2) is 0 Å². The van der Waals surface area contributed by atoms with Gasteiger partial charge in [0.05, 0.1) is 17.9 Å². The average molecular weight is 413 g/mol. The van der Waals surface area contributed by atoms with Crippen LogP contribution in [0.5, 0.6) is 17.2 Å². The highest BCUT2D eigenvalue weighted by molar-refractivity contribution is 7.87. The molecule has 0 atom stereocenters. The van der Waals surface area contributed by atoms with E-state index in [-0.39, 0.29) is 23.0 Å². The van der Waals surface area contributed by atoms with Gasteiger partial charge in [-0.15, -0.1) is 0 Å². The zero-order chi connectivity index (χ0) is 20.8. The zero-order valence-electron chi connectivity index (χ0n) is 15.0. The van der Waals surface area contributed by atoms with Crippen LogP contribution in [-0.2, 0) is 16.3 Å². The van der Waals surface area contributed by atoms with Gasteiger partial charge in [-0.1, -0.05) is 38.0 Å². The summed E-state index contributed by atoms with van der Waals surface area (Å²) in [5, 5.41) is 0. The number of unbranched alkanes of at least 4 members (excludes halogenated alkanes) is 2. The van der Waals surface area contributed by atoms with Crippen LogP contribution < -0.4 is 8.92 Å². The van der Waals surface area contributed by atoms with Gasteiger partial charge < -0.3 is 8.92 Å². The fourth-order valence-corrected chi connectivity index (χ4v) is 3.42. The lowest BCUT2D eigenvalue weighted by Crippen LogP contribution is -2.13. The smallest absolute Gasteiger partial charge is 0.407 e. The molecular weight excluding hydrogens is 395 g/mol. The van der Waals surface area contributed by atoms with Crippen molar-refractivity contribution < 1.29 is 30.5 Å². The number of alkyl halides is 3. The standard InChI is InChI=1S/C19H18F3NO4S/c1-3-4-5-12-28(24,25)27-15-9-6-8-14(13-15)26-17-11-7-10-16(18(17)23-2)19(20,21)22/h6-11,13H,3-5,12H2,1H3. The second-order valence-electron chi connectivity index (χ2n) is 5.89. The van der Waals surface area contributed by atoms with Crippen LogP contribution in [0.3, 0.4) is 0 Å². The summed E-state index contributed by atoms with van der Waals surface area (Å²) in [5.74, 6) is -0.398. The van der Waals surface area contributed by atoms with Crippen molar-refractivity contribution in [3.63, 3.8) is 0 Å². The minimum atomic E-state index is -4.70. The maximum Gasteiger partial charge on any atom is 0.407 e. The topological polar surface area (TPSA) is 57.0 Å². The van der Waals surface area contributed by atoms with Crippen LogP contribution in [0, 0.1) is 6.57 Å². The Bertz CT molecular complexity index is 966. The molecule has 0 heterocycles. The van der Waals surface area contributed by atoms with Crippen molar-refractivity contribution in [3.8, 4) is 17.2 Å². The third-order valence-corrected chi connectivity index (χ3v) is 4.91. The number of para-hydroxylation sites is 1. The van der Waals surface area contributed by atoms with Crippen molar-refractivity contribution in [2.45, 2.75) is 32.4 Å². The van der Waals surface area contributed by atoms with Gasteiger partial charge in [-0.2, -0.15) is 21.6 Å². The van der Waals surface area contributed by atoms with E-state index in [9.17, 15) is 21.6 Å². The van der Waals surface area contributed by atoms with Crippen LogP contribution in [0.1, 0.15) is 31.7 Å². The fraction of sp³-hybridized carbons (Fsp3) is 0.316.